The summed E-state index contributed by atoms with van der Waals surface area (Å²) in [7, 11) is 0. The summed E-state index contributed by atoms with van der Waals surface area (Å²) >= 11 is 5.15. The van der Waals surface area contributed by atoms with Crippen LogP contribution in [0.4, 0.5) is 0 Å². The van der Waals surface area contributed by atoms with E-state index in [-0.39, 0.29) is 11.4 Å². The van der Waals surface area contributed by atoms with Crippen LogP contribution in [0.1, 0.15) is 29.5 Å². The number of ether oxygens (including phenoxy) is 1. The minimum atomic E-state index is -0.346. The standard InChI is InChI=1S/C21H24BrNO2S/c1-15-6-7-16(2)19(12-15)26-14-20(24)23-21(8-10-25-11-9-21)17-4-3-5-18(22)13-17/h3-7,12-13H,8-11,14H2,1-2H3,(H,23,24). The van der Waals surface area contributed by atoms with E-state index in [0.717, 1.165) is 22.9 Å². The third-order valence-electron chi connectivity index (χ3n) is 4.80. The topological polar surface area (TPSA) is 38.3 Å². The molecule has 138 valence electrons. The third-order valence-corrected chi connectivity index (χ3v) is 6.46. The summed E-state index contributed by atoms with van der Waals surface area (Å²) in [6.07, 6.45) is 1.59. The number of carbonyl (C=O) groups excluding carboxylic acids is 1. The van der Waals surface area contributed by atoms with E-state index in [1.54, 1.807) is 11.8 Å². The number of carbonyl (C=O) groups is 1. The summed E-state index contributed by atoms with van der Waals surface area (Å²) in [6, 6.07) is 14.6. The number of halogens is 1. The molecular formula is C21H24BrNO2S. The van der Waals surface area contributed by atoms with Gasteiger partial charge in [-0.25, -0.2) is 0 Å². The number of benzene rings is 2. The van der Waals surface area contributed by atoms with Crippen molar-refractivity contribution in [2.75, 3.05) is 19.0 Å². The summed E-state index contributed by atoms with van der Waals surface area (Å²) in [4.78, 5) is 13.9. The molecule has 0 spiro atoms. The predicted molar refractivity (Wildman–Crippen MR) is 111 cm³/mol. The molecule has 0 bridgehead atoms. The molecule has 0 saturated carbocycles. The molecule has 0 aromatic heterocycles. The van der Waals surface area contributed by atoms with Crippen LogP contribution in [0.3, 0.4) is 0 Å². The minimum Gasteiger partial charge on any atom is -0.381 e. The highest BCUT2D eigenvalue weighted by molar-refractivity contribution is 9.10. The van der Waals surface area contributed by atoms with E-state index >= 15 is 0 Å². The number of nitrogens with one attached hydrogen (secondary N) is 1. The molecule has 5 heteroatoms. The number of hydrogen-bond acceptors (Lipinski definition) is 3. The van der Waals surface area contributed by atoms with Crippen molar-refractivity contribution in [1.82, 2.24) is 5.32 Å². The highest BCUT2D eigenvalue weighted by Gasteiger charge is 2.36. The SMILES string of the molecule is Cc1ccc(C)c(SCC(=O)NC2(c3cccc(Br)c3)CCOCC2)c1. The third kappa shape index (κ3) is 4.70. The molecule has 1 aliphatic rings. The van der Waals surface area contributed by atoms with Gasteiger partial charge in [0.1, 0.15) is 0 Å². The van der Waals surface area contributed by atoms with Crippen molar-refractivity contribution in [3.8, 4) is 0 Å². The lowest BCUT2D eigenvalue weighted by Crippen LogP contribution is -2.50. The fraction of sp³-hybridized carbons (Fsp3) is 0.381. The van der Waals surface area contributed by atoms with Gasteiger partial charge < -0.3 is 10.1 Å². The second kappa shape index (κ2) is 8.59. The van der Waals surface area contributed by atoms with Crippen LogP contribution in [0, 0.1) is 13.8 Å². The van der Waals surface area contributed by atoms with Crippen LogP contribution in [0.5, 0.6) is 0 Å². The van der Waals surface area contributed by atoms with Gasteiger partial charge in [0.2, 0.25) is 5.91 Å². The van der Waals surface area contributed by atoms with Crippen LogP contribution in [0.15, 0.2) is 51.8 Å². The molecule has 1 aliphatic heterocycles. The maximum Gasteiger partial charge on any atom is 0.231 e. The molecular weight excluding hydrogens is 410 g/mol. The van der Waals surface area contributed by atoms with Gasteiger partial charge in [-0.15, -0.1) is 11.8 Å². The van der Waals surface area contributed by atoms with Crippen molar-refractivity contribution >= 4 is 33.6 Å². The van der Waals surface area contributed by atoms with Crippen molar-refractivity contribution < 1.29 is 9.53 Å². The lowest BCUT2D eigenvalue weighted by atomic mass is 9.82. The Bertz CT molecular complexity index is 787. The Morgan fingerprint density at radius 3 is 2.69 bits per heavy atom. The van der Waals surface area contributed by atoms with Crippen LogP contribution < -0.4 is 5.32 Å². The number of thioether (sulfide) groups is 1. The van der Waals surface area contributed by atoms with E-state index in [1.165, 1.54) is 16.0 Å². The first kappa shape index (κ1) is 19.5. The molecule has 0 unspecified atom stereocenters. The zero-order chi connectivity index (χ0) is 18.6. The van der Waals surface area contributed by atoms with Crippen molar-refractivity contribution in [2.45, 2.75) is 37.1 Å². The molecule has 1 heterocycles. The summed E-state index contributed by atoms with van der Waals surface area (Å²) in [6.45, 7) is 5.49. The Morgan fingerprint density at radius 1 is 1.19 bits per heavy atom. The van der Waals surface area contributed by atoms with Gasteiger partial charge in [0, 0.05) is 22.6 Å². The molecule has 3 rings (SSSR count). The first-order valence-electron chi connectivity index (χ1n) is 8.83. The Kier molecular flexibility index (Phi) is 6.43. The fourth-order valence-corrected chi connectivity index (χ4v) is 4.62. The van der Waals surface area contributed by atoms with Gasteiger partial charge in [0.15, 0.2) is 0 Å². The number of amides is 1. The van der Waals surface area contributed by atoms with Gasteiger partial charge in [-0.05, 0) is 56.0 Å². The Morgan fingerprint density at radius 2 is 1.96 bits per heavy atom. The van der Waals surface area contributed by atoms with Crippen LogP contribution >= 0.6 is 27.7 Å². The number of aryl methyl sites for hydroxylation is 2. The van der Waals surface area contributed by atoms with Crippen LogP contribution in [-0.2, 0) is 15.1 Å². The zero-order valence-electron chi connectivity index (χ0n) is 15.2. The summed E-state index contributed by atoms with van der Waals surface area (Å²) < 4.78 is 6.58. The molecule has 0 atom stereocenters. The first-order valence-corrected chi connectivity index (χ1v) is 10.6. The van der Waals surface area contributed by atoms with Gasteiger partial charge in [0.05, 0.1) is 11.3 Å². The average molecular weight is 434 g/mol. The van der Waals surface area contributed by atoms with E-state index < -0.39 is 0 Å². The van der Waals surface area contributed by atoms with Crippen LogP contribution in [0.25, 0.3) is 0 Å². The highest BCUT2D eigenvalue weighted by Crippen LogP contribution is 2.34. The van der Waals surface area contributed by atoms with E-state index in [9.17, 15) is 4.79 Å². The predicted octanol–water partition coefficient (Wildman–Crippen LogP) is 4.98. The highest BCUT2D eigenvalue weighted by atomic mass is 79.9. The monoisotopic (exact) mass is 433 g/mol. The largest absolute Gasteiger partial charge is 0.381 e. The van der Waals surface area contributed by atoms with Gasteiger partial charge in [-0.3, -0.25) is 4.79 Å². The van der Waals surface area contributed by atoms with Gasteiger partial charge >= 0.3 is 0 Å². The van der Waals surface area contributed by atoms with E-state index in [4.69, 9.17) is 4.74 Å². The molecule has 1 amide bonds. The normalized spacial score (nSPS) is 16.3. The quantitative estimate of drug-likeness (QED) is 0.675. The molecule has 3 nitrogen and oxygen atoms in total. The molecule has 26 heavy (non-hydrogen) atoms. The molecule has 0 aliphatic carbocycles. The molecule has 2 aromatic carbocycles. The van der Waals surface area contributed by atoms with Crippen molar-refractivity contribution in [3.05, 3.63) is 63.6 Å². The van der Waals surface area contributed by atoms with Crippen molar-refractivity contribution in [3.63, 3.8) is 0 Å². The smallest absolute Gasteiger partial charge is 0.231 e. The van der Waals surface area contributed by atoms with Gasteiger partial charge in [-0.1, -0.05) is 45.8 Å². The molecule has 2 aromatic rings. The molecule has 1 saturated heterocycles. The van der Waals surface area contributed by atoms with E-state index in [1.807, 2.05) is 12.1 Å². The lowest BCUT2D eigenvalue weighted by molar-refractivity contribution is -0.121. The van der Waals surface area contributed by atoms with Gasteiger partial charge in [-0.2, -0.15) is 0 Å². The molecule has 0 radical (unpaired) electrons. The van der Waals surface area contributed by atoms with E-state index in [2.05, 4.69) is 65.4 Å². The van der Waals surface area contributed by atoms with Gasteiger partial charge in [0.25, 0.3) is 0 Å². The summed E-state index contributed by atoms with van der Waals surface area (Å²) in [5.41, 5.74) is 3.22. The lowest BCUT2D eigenvalue weighted by Gasteiger charge is -2.38. The second-order valence-corrected chi connectivity index (χ2v) is 8.74. The number of rotatable bonds is 5. The Balaban J connectivity index is 1.72. The summed E-state index contributed by atoms with van der Waals surface area (Å²) in [5.74, 6) is 0.485. The zero-order valence-corrected chi connectivity index (χ0v) is 17.6. The van der Waals surface area contributed by atoms with Crippen LogP contribution in [0.2, 0.25) is 0 Å². The Labute approximate surface area is 168 Å². The minimum absolute atomic E-state index is 0.0674. The Hall–Kier alpha value is -1.30. The fourth-order valence-electron chi connectivity index (χ4n) is 3.30. The maximum absolute atomic E-state index is 12.8. The maximum atomic E-state index is 12.8. The van der Waals surface area contributed by atoms with E-state index in [0.29, 0.717) is 19.0 Å². The molecule has 1 N–H and O–H groups in total. The average Bonchev–Trinajstić information content (AvgIpc) is 2.63. The van der Waals surface area contributed by atoms with Crippen LogP contribution in [-0.4, -0.2) is 24.9 Å². The van der Waals surface area contributed by atoms with Crippen molar-refractivity contribution in [1.29, 1.82) is 0 Å². The first-order chi connectivity index (χ1) is 12.5. The molecule has 1 fully saturated rings. The van der Waals surface area contributed by atoms with Crippen molar-refractivity contribution in [2.24, 2.45) is 0 Å². The number of hydrogen-bond donors (Lipinski definition) is 1. The summed E-state index contributed by atoms with van der Waals surface area (Å²) in [5, 5.41) is 3.32. The second-order valence-electron chi connectivity index (χ2n) is 6.81.